The minimum Gasteiger partial charge on any atom is -0.317 e. The number of hydrogen-bond acceptors (Lipinski definition) is 3. The van der Waals surface area contributed by atoms with Gasteiger partial charge in [0.15, 0.2) is 0 Å². The van der Waals surface area contributed by atoms with E-state index < -0.39 is 0 Å². The van der Waals surface area contributed by atoms with Crippen LogP contribution in [0.5, 0.6) is 0 Å². The summed E-state index contributed by atoms with van der Waals surface area (Å²) in [5.41, 5.74) is 0. The van der Waals surface area contributed by atoms with Crippen LogP contribution in [0.15, 0.2) is 0 Å². The third kappa shape index (κ3) is 6.13. The van der Waals surface area contributed by atoms with Gasteiger partial charge in [0.1, 0.15) is 0 Å². The summed E-state index contributed by atoms with van der Waals surface area (Å²) < 4.78 is 0. The lowest BCUT2D eigenvalue weighted by Gasteiger charge is -2.27. The molecule has 0 aliphatic carbocycles. The van der Waals surface area contributed by atoms with Crippen LogP contribution in [0.1, 0.15) is 40.0 Å². The summed E-state index contributed by atoms with van der Waals surface area (Å²) in [6.07, 6.45) is 3.78. The molecule has 3 nitrogen and oxygen atoms in total. The summed E-state index contributed by atoms with van der Waals surface area (Å²) in [5, 5.41) is 10.6. The van der Waals surface area contributed by atoms with Gasteiger partial charge in [-0.2, -0.15) is 0 Å². The molecule has 0 aromatic rings. The Hall–Kier alpha value is -0.120. The molecule has 1 aliphatic heterocycles. The van der Waals surface area contributed by atoms with E-state index in [0.717, 1.165) is 12.6 Å². The van der Waals surface area contributed by atoms with Gasteiger partial charge in [-0.25, -0.2) is 0 Å². The second-order valence-electron chi connectivity index (χ2n) is 4.99. The van der Waals surface area contributed by atoms with Gasteiger partial charge in [0.25, 0.3) is 0 Å². The monoisotopic (exact) mass is 213 g/mol. The Morgan fingerprint density at radius 3 is 2.47 bits per heavy atom. The number of rotatable bonds is 6. The van der Waals surface area contributed by atoms with Gasteiger partial charge in [-0.15, -0.1) is 0 Å². The Morgan fingerprint density at radius 1 is 1.20 bits per heavy atom. The molecule has 0 radical (unpaired) electrons. The Kier molecular flexibility index (Phi) is 6.22. The first kappa shape index (κ1) is 12.9. The highest BCUT2D eigenvalue weighted by atomic mass is 15.0. The van der Waals surface area contributed by atoms with Crippen LogP contribution in [0.3, 0.4) is 0 Å². The van der Waals surface area contributed by atoms with Crippen LogP contribution in [0.4, 0.5) is 0 Å². The van der Waals surface area contributed by atoms with Crippen LogP contribution in [0.2, 0.25) is 0 Å². The largest absolute Gasteiger partial charge is 0.317 e. The van der Waals surface area contributed by atoms with Crippen LogP contribution in [0.25, 0.3) is 0 Å². The van der Waals surface area contributed by atoms with Crippen molar-refractivity contribution in [3.63, 3.8) is 0 Å². The van der Waals surface area contributed by atoms with Crippen LogP contribution >= 0.6 is 0 Å². The molecule has 1 heterocycles. The molecule has 1 atom stereocenters. The molecule has 15 heavy (non-hydrogen) atoms. The minimum atomic E-state index is 0.607. The summed E-state index contributed by atoms with van der Waals surface area (Å²) in [6, 6.07) is 1.98. The van der Waals surface area contributed by atoms with E-state index in [1.807, 2.05) is 0 Å². The molecular formula is C12H27N3. The van der Waals surface area contributed by atoms with Crippen LogP contribution < -0.4 is 16.0 Å². The molecule has 0 aromatic carbocycles. The Balaban J connectivity index is 2.03. The van der Waals surface area contributed by atoms with Gasteiger partial charge in [-0.3, -0.25) is 0 Å². The average molecular weight is 213 g/mol. The van der Waals surface area contributed by atoms with Crippen molar-refractivity contribution in [2.75, 3.05) is 19.6 Å². The minimum absolute atomic E-state index is 0.607. The predicted octanol–water partition coefficient (Wildman–Crippen LogP) is 1.10. The molecule has 0 bridgehead atoms. The Morgan fingerprint density at radius 2 is 1.87 bits per heavy atom. The summed E-state index contributed by atoms with van der Waals surface area (Å²) in [7, 11) is 0. The van der Waals surface area contributed by atoms with Crippen LogP contribution in [-0.2, 0) is 0 Å². The number of hydrogen-bond donors (Lipinski definition) is 3. The fourth-order valence-corrected chi connectivity index (χ4v) is 2.06. The van der Waals surface area contributed by atoms with Crippen molar-refractivity contribution in [1.29, 1.82) is 0 Å². The second-order valence-corrected chi connectivity index (χ2v) is 4.99. The van der Waals surface area contributed by atoms with E-state index in [-0.39, 0.29) is 0 Å². The Bertz CT molecular complexity index is 153. The van der Waals surface area contributed by atoms with E-state index in [0.29, 0.717) is 12.1 Å². The number of piperidine rings is 1. The molecule has 0 spiro atoms. The van der Waals surface area contributed by atoms with Crippen molar-refractivity contribution in [3.8, 4) is 0 Å². The predicted molar refractivity (Wildman–Crippen MR) is 66.2 cm³/mol. The fraction of sp³-hybridized carbons (Fsp3) is 1.00. The molecule has 1 fully saturated rings. The summed E-state index contributed by atoms with van der Waals surface area (Å²) in [6.45, 7) is 10.2. The van der Waals surface area contributed by atoms with Gasteiger partial charge >= 0.3 is 0 Å². The molecule has 0 amide bonds. The lowest BCUT2D eigenvalue weighted by atomic mass is 10.1. The maximum Gasteiger partial charge on any atom is 0.00937 e. The van der Waals surface area contributed by atoms with Crippen LogP contribution in [0, 0.1) is 0 Å². The van der Waals surface area contributed by atoms with Crippen molar-refractivity contribution in [2.45, 2.75) is 58.2 Å². The molecule has 0 saturated carbocycles. The van der Waals surface area contributed by atoms with E-state index in [9.17, 15) is 0 Å². The maximum atomic E-state index is 3.71. The number of nitrogens with one attached hydrogen (secondary N) is 3. The summed E-state index contributed by atoms with van der Waals surface area (Å²) in [5.74, 6) is 0. The molecule has 0 aromatic heterocycles. The zero-order chi connectivity index (χ0) is 11.1. The molecule has 1 unspecified atom stereocenters. The SMILES string of the molecule is CC(C)NCCC(C)NC1CCNCC1. The topological polar surface area (TPSA) is 36.1 Å². The highest BCUT2D eigenvalue weighted by Gasteiger charge is 2.14. The normalized spacial score (nSPS) is 20.8. The van der Waals surface area contributed by atoms with Gasteiger partial charge < -0.3 is 16.0 Å². The quantitative estimate of drug-likeness (QED) is 0.618. The fourth-order valence-electron chi connectivity index (χ4n) is 2.06. The van der Waals surface area contributed by atoms with Crippen LogP contribution in [-0.4, -0.2) is 37.8 Å². The third-order valence-electron chi connectivity index (χ3n) is 2.99. The van der Waals surface area contributed by atoms with Gasteiger partial charge in [0, 0.05) is 18.1 Å². The van der Waals surface area contributed by atoms with E-state index in [4.69, 9.17) is 0 Å². The van der Waals surface area contributed by atoms with Gasteiger partial charge in [-0.1, -0.05) is 13.8 Å². The zero-order valence-corrected chi connectivity index (χ0v) is 10.5. The molecule has 1 rings (SSSR count). The highest BCUT2D eigenvalue weighted by Crippen LogP contribution is 2.04. The lowest BCUT2D eigenvalue weighted by molar-refractivity contribution is 0.344. The first-order valence-corrected chi connectivity index (χ1v) is 6.38. The van der Waals surface area contributed by atoms with E-state index >= 15 is 0 Å². The lowest BCUT2D eigenvalue weighted by Crippen LogP contribution is -2.44. The highest BCUT2D eigenvalue weighted by molar-refractivity contribution is 4.77. The van der Waals surface area contributed by atoms with E-state index in [1.54, 1.807) is 0 Å². The summed E-state index contributed by atoms with van der Waals surface area (Å²) in [4.78, 5) is 0. The van der Waals surface area contributed by atoms with Crippen molar-refractivity contribution in [3.05, 3.63) is 0 Å². The third-order valence-corrected chi connectivity index (χ3v) is 2.99. The molecule has 1 saturated heterocycles. The van der Waals surface area contributed by atoms with E-state index in [2.05, 4.69) is 36.7 Å². The van der Waals surface area contributed by atoms with Gasteiger partial charge in [0.05, 0.1) is 0 Å². The molecule has 3 N–H and O–H groups in total. The maximum absolute atomic E-state index is 3.71. The Labute approximate surface area is 94.4 Å². The van der Waals surface area contributed by atoms with Crippen molar-refractivity contribution in [2.24, 2.45) is 0 Å². The van der Waals surface area contributed by atoms with Gasteiger partial charge in [-0.05, 0) is 45.8 Å². The molecule has 90 valence electrons. The summed E-state index contributed by atoms with van der Waals surface area (Å²) >= 11 is 0. The first-order valence-electron chi connectivity index (χ1n) is 6.38. The molecular weight excluding hydrogens is 186 g/mol. The smallest absolute Gasteiger partial charge is 0.00937 e. The van der Waals surface area contributed by atoms with Crippen molar-refractivity contribution in [1.82, 2.24) is 16.0 Å². The standard InChI is InChI=1S/C12H27N3/c1-10(2)14-9-4-11(3)15-12-5-7-13-8-6-12/h10-15H,4-9H2,1-3H3. The van der Waals surface area contributed by atoms with Crippen molar-refractivity contribution >= 4 is 0 Å². The van der Waals surface area contributed by atoms with Crippen molar-refractivity contribution < 1.29 is 0 Å². The average Bonchev–Trinajstić information content (AvgIpc) is 2.18. The second kappa shape index (κ2) is 7.20. The first-order chi connectivity index (χ1) is 7.18. The van der Waals surface area contributed by atoms with E-state index in [1.165, 1.54) is 32.4 Å². The van der Waals surface area contributed by atoms with Gasteiger partial charge in [0.2, 0.25) is 0 Å². The zero-order valence-electron chi connectivity index (χ0n) is 10.5. The molecule has 3 heteroatoms. The molecule has 1 aliphatic rings.